The minimum absolute atomic E-state index is 0.737. The molecule has 0 saturated heterocycles. The van der Waals surface area contributed by atoms with Crippen LogP contribution in [0.4, 0.5) is 0 Å². The Morgan fingerprint density at radius 2 is 1.90 bits per heavy atom. The van der Waals surface area contributed by atoms with Crippen molar-refractivity contribution in [1.82, 2.24) is 0 Å². The van der Waals surface area contributed by atoms with E-state index in [4.69, 9.17) is 0 Å². The number of hydrogen-bond donors (Lipinski definition) is 0. The van der Waals surface area contributed by atoms with Gasteiger partial charge in [-0.05, 0) is 0 Å². The summed E-state index contributed by atoms with van der Waals surface area (Å²) >= 11 is 1.81. The van der Waals surface area contributed by atoms with Gasteiger partial charge >= 0.3 is 70.8 Å². The molecule has 54 valence electrons. The summed E-state index contributed by atoms with van der Waals surface area (Å²) in [5.74, 6) is 0.737. The van der Waals surface area contributed by atoms with E-state index < -0.39 is 0 Å². The SMILES string of the molecule is C[C@@H](C[AsH2])c1ccccc1. The van der Waals surface area contributed by atoms with Crippen LogP contribution in [0.1, 0.15) is 18.4 Å². The van der Waals surface area contributed by atoms with E-state index in [2.05, 4.69) is 37.3 Å². The Kier molecular flexibility index (Phi) is 3.02. The fraction of sp³-hybridized carbons (Fsp3) is 0.333. The molecular weight excluding hydrogens is 183 g/mol. The number of rotatable bonds is 2. The van der Waals surface area contributed by atoms with Gasteiger partial charge in [-0.15, -0.1) is 0 Å². The van der Waals surface area contributed by atoms with Crippen LogP contribution in [0.15, 0.2) is 30.3 Å². The van der Waals surface area contributed by atoms with Crippen LogP contribution in [0.2, 0.25) is 5.21 Å². The van der Waals surface area contributed by atoms with E-state index in [0.717, 1.165) is 5.92 Å². The van der Waals surface area contributed by atoms with E-state index in [1.54, 1.807) is 0 Å². The molecule has 10 heavy (non-hydrogen) atoms. The summed E-state index contributed by atoms with van der Waals surface area (Å²) in [6, 6.07) is 10.7. The second-order valence-corrected chi connectivity index (χ2v) is 3.54. The van der Waals surface area contributed by atoms with Gasteiger partial charge in [-0.3, -0.25) is 0 Å². The molecule has 0 amide bonds. The topological polar surface area (TPSA) is 0 Å². The monoisotopic (exact) mass is 196 g/mol. The Hall–Kier alpha value is -0.222. The average molecular weight is 196 g/mol. The molecule has 0 aromatic heterocycles. The van der Waals surface area contributed by atoms with Gasteiger partial charge in [-0.2, -0.15) is 0 Å². The first-order valence-corrected chi connectivity index (χ1v) is 5.31. The molecule has 0 fully saturated rings. The second kappa shape index (κ2) is 3.83. The zero-order valence-corrected chi connectivity index (χ0v) is 8.67. The predicted octanol–water partition coefficient (Wildman–Crippen LogP) is 1.84. The third kappa shape index (κ3) is 1.88. The normalized spacial score (nSPS) is 13.0. The third-order valence-corrected chi connectivity index (χ3v) is 3.21. The van der Waals surface area contributed by atoms with Crippen molar-refractivity contribution in [1.29, 1.82) is 0 Å². The first kappa shape index (κ1) is 7.88. The Bertz CT molecular complexity index is 181. The van der Waals surface area contributed by atoms with Crippen LogP contribution in [-0.4, -0.2) is 16.9 Å². The molecule has 1 aromatic carbocycles. The zero-order valence-electron chi connectivity index (χ0n) is 6.25. The molecule has 0 N–H and O–H groups in total. The Morgan fingerprint density at radius 3 is 2.40 bits per heavy atom. The van der Waals surface area contributed by atoms with Crippen molar-refractivity contribution in [2.75, 3.05) is 0 Å². The van der Waals surface area contributed by atoms with E-state index in [-0.39, 0.29) is 0 Å². The molecule has 1 heteroatoms. The van der Waals surface area contributed by atoms with Gasteiger partial charge in [0.15, 0.2) is 0 Å². The van der Waals surface area contributed by atoms with Gasteiger partial charge in [-0.25, -0.2) is 0 Å². The molecule has 0 bridgehead atoms. The van der Waals surface area contributed by atoms with Gasteiger partial charge in [-0.1, -0.05) is 0 Å². The van der Waals surface area contributed by atoms with Crippen molar-refractivity contribution in [2.24, 2.45) is 0 Å². The number of hydrogen-bond acceptors (Lipinski definition) is 0. The summed E-state index contributed by atoms with van der Waals surface area (Å²) < 4.78 is 0. The number of benzene rings is 1. The van der Waals surface area contributed by atoms with Crippen LogP contribution in [0.25, 0.3) is 0 Å². The van der Waals surface area contributed by atoms with Gasteiger partial charge in [0.05, 0.1) is 0 Å². The van der Waals surface area contributed by atoms with Crippen molar-refractivity contribution < 1.29 is 0 Å². The quantitative estimate of drug-likeness (QED) is 0.633. The molecule has 0 nitrogen and oxygen atoms in total. The van der Waals surface area contributed by atoms with Crippen LogP contribution >= 0.6 is 0 Å². The molecular formula is C9H13As. The molecule has 1 aromatic rings. The summed E-state index contributed by atoms with van der Waals surface area (Å²) in [5.41, 5.74) is 1.46. The second-order valence-electron chi connectivity index (χ2n) is 2.55. The van der Waals surface area contributed by atoms with Crippen molar-refractivity contribution in [3.05, 3.63) is 35.9 Å². The zero-order chi connectivity index (χ0) is 7.40. The Morgan fingerprint density at radius 1 is 1.30 bits per heavy atom. The van der Waals surface area contributed by atoms with Gasteiger partial charge in [0.1, 0.15) is 0 Å². The van der Waals surface area contributed by atoms with Crippen LogP contribution in [0.5, 0.6) is 0 Å². The van der Waals surface area contributed by atoms with Crippen LogP contribution in [-0.2, 0) is 0 Å². The van der Waals surface area contributed by atoms with Gasteiger partial charge < -0.3 is 0 Å². The van der Waals surface area contributed by atoms with Crippen LogP contribution < -0.4 is 0 Å². The molecule has 0 saturated carbocycles. The van der Waals surface area contributed by atoms with Crippen molar-refractivity contribution in [3.63, 3.8) is 0 Å². The third-order valence-electron chi connectivity index (χ3n) is 1.72. The molecule has 0 aliphatic heterocycles. The van der Waals surface area contributed by atoms with Crippen LogP contribution in [0.3, 0.4) is 0 Å². The molecule has 1 rings (SSSR count). The summed E-state index contributed by atoms with van der Waals surface area (Å²) in [6.45, 7) is 2.27. The molecule has 1 unspecified atom stereocenters. The predicted molar refractivity (Wildman–Crippen MR) is 48.2 cm³/mol. The van der Waals surface area contributed by atoms with E-state index in [9.17, 15) is 0 Å². The summed E-state index contributed by atoms with van der Waals surface area (Å²) in [6.07, 6.45) is 0. The van der Waals surface area contributed by atoms with E-state index in [1.807, 2.05) is 16.9 Å². The van der Waals surface area contributed by atoms with Gasteiger partial charge in [0.2, 0.25) is 0 Å². The van der Waals surface area contributed by atoms with E-state index in [1.165, 1.54) is 10.8 Å². The summed E-state index contributed by atoms with van der Waals surface area (Å²) in [5, 5.41) is 1.29. The van der Waals surface area contributed by atoms with E-state index >= 15 is 0 Å². The van der Waals surface area contributed by atoms with Gasteiger partial charge in [0, 0.05) is 0 Å². The molecule has 0 radical (unpaired) electrons. The molecule has 0 spiro atoms. The van der Waals surface area contributed by atoms with Crippen molar-refractivity contribution in [3.8, 4) is 0 Å². The minimum atomic E-state index is 0.737. The first-order chi connectivity index (χ1) is 4.84. The van der Waals surface area contributed by atoms with Gasteiger partial charge in [0.25, 0.3) is 0 Å². The Labute approximate surface area is 71.1 Å². The Balaban J connectivity index is 2.75. The molecule has 2 atom stereocenters. The van der Waals surface area contributed by atoms with Crippen LogP contribution in [0, 0.1) is 0 Å². The van der Waals surface area contributed by atoms with E-state index in [0.29, 0.717) is 0 Å². The molecule has 0 aliphatic carbocycles. The summed E-state index contributed by atoms with van der Waals surface area (Å²) in [4.78, 5) is 0. The van der Waals surface area contributed by atoms with Crippen molar-refractivity contribution in [2.45, 2.75) is 18.1 Å². The summed E-state index contributed by atoms with van der Waals surface area (Å²) in [7, 11) is 0. The first-order valence-electron chi connectivity index (χ1n) is 3.59. The maximum absolute atomic E-state index is 2.27. The fourth-order valence-corrected chi connectivity index (χ4v) is 1.49. The average Bonchev–Trinajstić information content (AvgIpc) is 2.05. The fourth-order valence-electron chi connectivity index (χ4n) is 0.918. The maximum atomic E-state index is 2.27. The molecule has 0 heterocycles. The standard InChI is InChI=1S/C9H13As/c1-8(7-10)9-5-3-2-4-6-9/h2-6,8H,7,10H2,1H3/t8-/m0/s1. The molecule has 0 aliphatic rings. The van der Waals surface area contributed by atoms with Crippen molar-refractivity contribution >= 4 is 16.9 Å².